The van der Waals surface area contributed by atoms with Gasteiger partial charge in [0.2, 0.25) is 5.82 Å². The molecule has 2 aromatic rings. The van der Waals surface area contributed by atoms with Crippen LogP contribution in [0.4, 0.5) is 25.8 Å². The highest BCUT2D eigenvalue weighted by atomic mass is 19.1. The molecule has 0 aliphatic heterocycles. The second-order valence-electron chi connectivity index (χ2n) is 4.09. The minimum absolute atomic E-state index is 0.143. The first-order valence-electron chi connectivity index (χ1n) is 6.00. The summed E-state index contributed by atoms with van der Waals surface area (Å²) >= 11 is 0. The molecule has 0 aromatic heterocycles. The molecule has 0 heterocycles. The number of nitrogens with zero attached hydrogens (tertiary/aromatic N) is 2. The van der Waals surface area contributed by atoms with E-state index in [2.05, 4.69) is 0 Å². The van der Waals surface area contributed by atoms with Crippen LogP contribution in [-0.4, -0.2) is 11.5 Å². The molecule has 0 bridgehead atoms. The van der Waals surface area contributed by atoms with Gasteiger partial charge in [0.1, 0.15) is 11.5 Å². The quantitative estimate of drug-likeness (QED) is 0.626. The Morgan fingerprint density at radius 3 is 2.35 bits per heavy atom. The van der Waals surface area contributed by atoms with Crippen molar-refractivity contribution in [1.82, 2.24) is 0 Å². The molecule has 0 fully saturated rings. The standard InChI is InChI=1S/C14H12F2N2O2/c1-2-17(11-8-6-10(15)7-9-11)13-5-3-4-12(16)14(13)18(19)20/h3-9H,2H2,1H3. The lowest BCUT2D eigenvalue weighted by Crippen LogP contribution is -2.17. The van der Waals surface area contributed by atoms with E-state index in [4.69, 9.17) is 0 Å². The summed E-state index contributed by atoms with van der Waals surface area (Å²) in [7, 11) is 0. The van der Waals surface area contributed by atoms with E-state index in [1.165, 1.54) is 36.4 Å². The molecule has 0 saturated carbocycles. The molecule has 6 heteroatoms. The van der Waals surface area contributed by atoms with Crippen LogP contribution in [0, 0.1) is 21.7 Å². The molecule has 0 unspecified atom stereocenters. The molecule has 20 heavy (non-hydrogen) atoms. The van der Waals surface area contributed by atoms with Crippen LogP contribution < -0.4 is 4.90 Å². The van der Waals surface area contributed by atoms with Gasteiger partial charge in [0.25, 0.3) is 0 Å². The Morgan fingerprint density at radius 1 is 1.15 bits per heavy atom. The maximum Gasteiger partial charge on any atom is 0.328 e. The zero-order chi connectivity index (χ0) is 14.7. The molecular weight excluding hydrogens is 266 g/mol. The van der Waals surface area contributed by atoms with Crippen LogP contribution in [0.3, 0.4) is 0 Å². The van der Waals surface area contributed by atoms with E-state index >= 15 is 0 Å². The minimum Gasteiger partial charge on any atom is -0.336 e. The Labute approximate surface area is 114 Å². The van der Waals surface area contributed by atoms with Gasteiger partial charge < -0.3 is 4.90 Å². The highest BCUT2D eigenvalue weighted by Gasteiger charge is 2.24. The number of nitro groups is 1. The molecule has 2 rings (SSSR count). The van der Waals surface area contributed by atoms with Gasteiger partial charge in [-0.3, -0.25) is 10.1 Å². The van der Waals surface area contributed by atoms with Gasteiger partial charge >= 0.3 is 5.69 Å². The number of anilines is 2. The molecular formula is C14H12F2N2O2. The summed E-state index contributed by atoms with van der Waals surface area (Å²) in [5.41, 5.74) is 0.116. The van der Waals surface area contributed by atoms with Gasteiger partial charge in [0, 0.05) is 12.2 Å². The molecule has 0 aliphatic carbocycles. The lowest BCUT2D eigenvalue weighted by molar-refractivity contribution is -0.386. The van der Waals surface area contributed by atoms with Crippen LogP contribution in [0.2, 0.25) is 0 Å². The van der Waals surface area contributed by atoms with Crippen molar-refractivity contribution in [2.24, 2.45) is 0 Å². The summed E-state index contributed by atoms with van der Waals surface area (Å²) in [6.45, 7) is 2.16. The predicted molar refractivity (Wildman–Crippen MR) is 72.1 cm³/mol. The number of para-hydroxylation sites is 1. The van der Waals surface area contributed by atoms with E-state index < -0.39 is 22.2 Å². The van der Waals surface area contributed by atoms with Gasteiger partial charge in [-0.15, -0.1) is 0 Å². The van der Waals surface area contributed by atoms with Crippen molar-refractivity contribution in [3.8, 4) is 0 Å². The predicted octanol–water partition coefficient (Wildman–Crippen LogP) is 4.03. The summed E-state index contributed by atoms with van der Waals surface area (Å²) in [6, 6.07) is 9.41. The monoisotopic (exact) mass is 278 g/mol. The van der Waals surface area contributed by atoms with E-state index in [0.717, 1.165) is 6.07 Å². The van der Waals surface area contributed by atoms with E-state index in [1.54, 1.807) is 11.8 Å². The van der Waals surface area contributed by atoms with Crippen molar-refractivity contribution in [3.05, 3.63) is 64.2 Å². The number of benzene rings is 2. The van der Waals surface area contributed by atoms with Gasteiger partial charge in [-0.25, -0.2) is 4.39 Å². The normalized spacial score (nSPS) is 10.3. The van der Waals surface area contributed by atoms with Gasteiger partial charge in [-0.1, -0.05) is 6.07 Å². The number of nitro benzene ring substituents is 1. The summed E-state index contributed by atoms with van der Waals surface area (Å²) in [4.78, 5) is 11.8. The van der Waals surface area contributed by atoms with E-state index in [1.807, 2.05) is 0 Å². The van der Waals surface area contributed by atoms with Gasteiger partial charge in [-0.05, 0) is 43.3 Å². The van der Waals surface area contributed by atoms with Crippen molar-refractivity contribution in [2.45, 2.75) is 6.92 Å². The fourth-order valence-corrected chi connectivity index (χ4v) is 2.02. The highest BCUT2D eigenvalue weighted by Crippen LogP contribution is 2.35. The van der Waals surface area contributed by atoms with E-state index in [-0.39, 0.29) is 5.69 Å². The molecule has 104 valence electrons. The topological polar surface area (TPSA) is 46.4 Å². The number of rotatable bonds is 4. The zero-order valence-electron chi connectivity index (χ0n) is 10.7. The van der Waals surface area contributed by atoms with Crippen LogP contribution >= 0.6 is 0 Å². The molecule has 0 N–H and O–H groups in total. The molecule has 4 nitrogen and oxygen atoms in total. The summed E-state index contributed by atoms with van der Waals surface area (Å²) in [6.07, 6.45) is 0. The lowest BCUT2D eigenvalue weighted by Gasteiger charge is -2.23. The van der Waals surface area contributed by atoms with Crippen molar-refractivity contribution >= 4 is 17.1 Å². The largest absolute Gasteiger partial charge is 0.336 e. The second kappa shape index (κ2) is 5.64. The first-order valence-corrected chi connectivity index (χ1v) is 6.00. The molecule has 0 atom stereocenters. The summed E-state index contributed by atoms with van der Waals surface area (Å²) in [5, 5.41) is 11.0. The first-order chi connectivity index (χ1) is 9.54. The molecule has 0 spiro atoms. The fraction of sp³-hybridized carbons (Fsp3) is 0.143. The van der Waals surface area contributed by atoms with Gasteiger partial charge in [-0.2, -0.15) is 4.39 Å². The van der Waals surface area contributed by atoms with Crippen LogP contribution in [-0.2, 0) is 0 Å². The Bertz CT molecular complexity index is 630. The average Bonchev–Trinajstić information content (AvgIpc) is 2.41. The Hall–Kier alpha value is -2.50. The van der Waals surface area contributed by atoms with E-state index in [9.17, 15) is 18.9 Å². The SMILES string of the molecule is CCN(c1ccc(F)cc1)c1cccc(F)c1[N+](=O)[O-]. The highest BCUT2D eigenvalue weighted by molar-refractivity contribution is 5.72. The molecule has 0 saturated heterocycles. The Kier molecular flexibility index (Phi) is 3.93. The number of hydrogen-bond donors (Lipinski definition) is 0. The van der Waals surface area contributed by atoms with Crippen LogP contribution in [0.25, 0.3) is 0 Å². The smallest absolute Gasteiger partial charge is 0.328 e. The molecule has 2 aromatic carbocycles. The van der Waals surface area contributed by atoms with Crippen LogP contribution in [0.1, 0.15) is 6.92 Å². The summed E-state index contributed by atoms with van der Waals surface area (Å²) < 4.78 is 26.6. The number of halogens is 2. The second-order valence-corrected chi connectivity index (χ2v) is 4.09. The third-order valence-corrected chi connectivity index (χ3v) is 2.89. The number of hydrogen-bond acceptors (Lipinski definition) is 3. The van der Waals surface area contributed by atoms with Crippen molar-refractivity contribution in [1.29, 1.82) is 0 Å². The molecule has 0 aliphatic rings. The average molecular weight is 278 g/mol. The Morgan fingerprint density at radius 2 is 1.80 bits per heavy atom. The fourth-order valence-electron chi connectivity index (χ4n) is 2.02. The van der Waals surface area contributed by atoms with E-state index in [0.29, 0.717) is 12.2 Å². The van der Waals surface area contributed by atoms with Crippen molar-refractivity contribution in [2.75, 3.05) is 11.4 Å². The zero-order valence-corrected chi connectivity index (χ0v) is 10.7. The maximum atomic E-state index is 13.6. The van der Waals surface area contributed by atoms with Crippen molar-refractivity contribution in [3.63, 3.8) is 0 Å². The van der Waals surface area contributed by atoms with Gasteiger partial charge in [0.05, 0.1) is 4.92 Å². The maximum absolute atomic E-state index is 13.6. The molecule has 0 radical (unpaired) electrons. The molecule has 0 amide bonds. The van der Waals surface area contributed by atoms with Crippen molar-refractivity contribution < 1.29 is 13.7 Å². The first kappa shape index (κ1) is 13.9. The minimum atomic E-state index is -0.895. The van der Waals surface area contributed by atoms with Crippen LogP contribution in [0.15, 0.2) is 42.5 Å². The lowest BCUT2D eigenvalue weighted by atomic mass is 10.2. The van der Waals surface area contributed by atoms with Crippen LogP contribution in [0.5, 0.6) is 0 Å². The third kappa shape index (κ3) is 2.59. The Balaban J connectivity index is 2.55. The third-order valence-electron chi connectivity index (χ3n) is 2.89. The summed E-state index contributed by atoms with van der Waals surface area (Å²) in [5.74, 6) is -1.30. The van der Waals surface area contributed by atoms with Gasteiger partial charge in [0.15, 0.2) is 0 Å².